The molecule has 0 radical (unpaired) electrons. The minimum Gasteiger partial charge on any atom is -0.483 e. The lowest BCUT2D eigenvalue weighted by Gasteiger charge is -2.23. The van der Waals surface area contributed by atoms with Crippen LogP contribution < -0.4 is 10.1 Å². The van der Waals surface area contributed by atoms with Crippen LogP contribution in [0.25, 0.3) is 11.1 Å². The van der Waals surface area contributed by atoms with Gasteiger partial charge in [-0.3, -0.25) is 4.79 Å². The first kappa shape index (κ1) is 24.0. The monoisotopic (exact) mass is 515 g/mol. The van der Waals surface area contributed by atoms with Crippen molar-refractivity contribution in [2.75, 3.05) is 18.5 Å². The summed E-state index contributed by atoms with van der Waals surface area (Å²) in [5, 5.41) is 5.12. The maximum atomic E-state index is 12.7. The molecule has 0 unspecified atom stereocenters. The van der Waals surface area contributed by atoms with E-state index < -0.39 is 5.97 Å². The quantitative estimate of drug-likeness (QED) is 0.357. The van der Waals surface area contributed by atoms with E-state index in [1.54, 1.807) is 6.92 Å². The van der Waals surface area contributed by atoms with Gasteiger partial charge in [-0.25, -0.2) is 4.79 Å². The first-order valence-corrected chi connectivity index (χ1v) is 11.9. The van der Waals surface area contributed by atoms with Crippen molar-refractivity contribution in [1.82, 2.24) is 0 Å². The standard InChI is InChI=1S/C25H26BrNO4S/c1-5-30-24(29)22-18(16-9-7-6-8-10-16)15-32-23(22)27-21(28)14-31-20-12-11-17(26)13-19(20)25(2,3)4/h6-13,15H,5,14H2,1-4H3,(H,27,28). The fourth-order valence-electron chi connectivity index (χ4n) is 3.21. The second-order valence-corrected chi connectivity index (χ2v) is 9.96. The van der Waals surface area contributed by atoms with E-state index in [1.165, 1.54) is 11.3 Å². The first-order chi connectivity index (χ1) is 15.2. The average molecular weight is 516 g/mol. The molecule has 168 valence electrons. The largest absolute Gasteiger partial charge is 0.483 e. The molecule has 0 spiro atoms. The summed E-state index contributed by atoms with van der Waals surface area (Å²) < 4.78 is 12.0. The van der Waals surface area contributed by atoms with Crippen LogP contribution in [0.3, 0.4) is 0 Å². The second kappa shape index (κ2) is 10.3. The van der Waals surface area contributed by atoms with Gasteiger partial charge < -0.3 is 14.8 Å². The van der Waals surface area contributed by atoms with E-state index in [1.807, 2.05) is 53.9 Å². The van der Waals surface area contributed by atoms with Crippen molar-refractivity contribution in [2.24, 2.45) is 0 Å². The minimum absolute atomic E-state index is 0.148. The van der Waals surface area contributed by atoms with Gasteiger partial charge in [-0.15, -0.1) is 11.3 Å². The number of halogens is 1. The van der Waals surface area contributed by atoms with Gasteiger partial charge in [0.1, 0.15) is 16.3 Å². The molecule has 0 fully saturated rings. The summed E-state index contributed by atoms with van der Waals surface area (Å²) in [6, 6.07) is 15.3. The van der Waals surface area contributed by atoms with E-state index in [4.69, 9.17) is 9.47 Å². The Bertz CT molecular complexity index is 1100. The average Bonchev–Trinajstić information content (AvgIpc) is 3.16. The Morgan fingerprint density at radius 1 is 1.09 bits per heavy atom. The Balaban J connectivity index is 1.80. The summed E-state index contributed by atoms with van der Waals surface area (Å²) in [7, 11) is 0. The summed E-state index contributed by atoms with van der Waals surface area (Å²) in [5.74, 6) is -0.163. The molecule has 0 atom stereocenters. The molecule has 1 aromatic heterocycles. The third-order valence-electron chi connectivity index (χ3n) is 4.72. The van der Waals surface area contributed by atoms with E-state index in [-0.39, 0.29) is 24.5 Å². The molecular weight excluding hydrogens is 490 g/mol. The molecule has 0 bridgehead atoms. The van der Waals surface area contributed by atoms with Gasteiger partial charge in [0, 0.05) is 21.0 Å². The number of thiophene rings is 1. The Morgan fingerprint density at radius 3 is 2.47 bits per heavy atom. The molecule has 0 aliphatic rings. The van der Waals surface area contributed by atoms with Crippen LogP contribution in [0.15, 0.2) is 58.4 Å². The summed E-state index contributed by atoms with van der Waals surface area (Å²) in [4.78, 5) is 25.4. The molecule has 0 saturated heterocycles. The number of carbonyl (C=O) groups excluding carboxylic acids is 2. The normalized spacial score (nSPS) is 11.2. The van der Waals surface area contributed by atoms with Gasteiger partial charge in [0.15, 0.2) is 6.61 Å². The molecule has 0 aliphatic heterocycles. The van der Waals surface area contributed by atoms with Crippen molar-refractivity contribution in [2.45, 2.75) is 33.1 Å². The van der Waals surface area contributed by atoms with E-state index in [2.05, 4.69) is 42.0 Å². The summed E-state index contributed by atoms with van der Waals surface area (Å²) >= 11 is 4.78. The van der Waals surface area contributed by atoms with Crippen molar-refractivity contribution >= 4 is 44.1 Å². The number of nitrogens with one attached hydrogen (secondary N) is 1. The molecule has 3 aromatic rings. The highest BCUT2D eigenvalue weighted by molar-refractivity contribution is 9.10. The van der Waals surface area contributed by atoms with Gasteiger partial charge in [-0.2, -0.15) is 0 Å². The number of hydrogen-bond donors (Lipinski definition) is 1. The number of hydrogen-bond acceptors (Lipinski definition) is 5. The van der Waals surface area contributed by atoms with Crippen LogP contribution in [0.5, 0.6) is 5.75 Å². The van der Waals surface area contributed by atoms with Crippen molar-refractivity contribution < 1.29 is 19.1 Å². The molecule has 0 saturated carbocycles. The number of esters is 1. The molecular formula is C25H26BrNO4S. The lowest BCUT2D eigenvalue weighted by molar-refractivity contribution is -0.118. The number of ether oxygens (including phenoxy) is 2. The fourth-order valence-corrected chi connectivity index (χ4v) is 4.54. The third kappa shape index (κ3) is 5.78. The van der Waals surface area contributed by atoms with E-state index in [9.17, 15) is 9.59 Å². The number of benzene rings is 2. The molecule has 7 heteroatoms. The predicted octanol–water partition coefficient (Wildman–Crippen LogP) is 6.67. The number of rotatable bonds is 7. The van der Waals surface area contributed by atoms with Gasteiger partial charge in [0.25, 0.3) is 5.91 Å². The van der Waals surface area contributed by atoms with Crippen LogP contribution >= 0.6 is 27.3 Å². The molecule has 32 heavy (non-hydrogen) atoms. The molecule has 5 nitrogen and oxygen atoms in total. The van der Waals surface area contributed by atoms with E-state index in [0.717, 1.165) is 21.2 Å². The number of amides is 1. The van der Waals surface area contributed by atoms with Crippen molar-refractivity contribution in [3.63, 3.8) is 0 Å². The zero-order chi connectivity index (χ0) is 23.3. The molecule has 2 aromatic carbocycles. The van der Waals surface area contributed by atoms with Gasteiger partial charge in [-0.1, -0.05) is 67.0 Å². The zero-order valence-electron chi connectivity index (χ0n) is 18.5. The smallest absolute Gasteiger partial charge is 0.341 e. The lowest BCUT2D eigenvalue weighted by Crippen LogP contribution is -2.22. The van der Waals surface area contributed by atoms with Crippen LogP contribution in [0.2, 0.25) is 0 Å². The van der Waals surface area contributed by atoms with Crippen LogP contribution in [0.1, 0.15) is 43.6 Å². The third-order valence-corrected chi connectivity index (χ3v) is 6.11. The minimum atomic E-state index is -0.466. The van der Waals surface area contributed by atoms with Crippen LogP contribution in [0, 0.1) is 0 Å². The topological polar surface area (TPSA) is 64.6 Å². The predicted molar refractivity (Wildman–Crippen MR) is 133 cm³/mol. The van der Waals surface area contributed by atoms with E-state index >= 15 is 0 Å². The SMILES string of the molecule is CCOC(=O)c1c(-c2ccccc2)csc1NC(=O)COc1ccc(Br)cc1C(C)(C)C. The highest BCUT2D eigenvalue weighted by Crippen LogP contribution is 2.37. The lowest BCUT2D eigenvalue weighted by atomic mass is 9.86. The highest BCUT2D eigenvalue weighted by Gasteiger charge is 2.24. The number of anilines is 1. The first-order valence-electron chi connectivity index (χ1n) is 10.3. The second-order valence-electron chi connectivity index (χ2n) is 8.17. The zero-order valence-corrected chi connectivity index (χ0v) is 20.9. The van der Waals surface area contributed by atoms with Crippen molar-refractivity contribution in [1.29, 1.82) is 0 Å². The van der Waals surface area contributed by atoms with Gasteiger partial charge in [-0.05, 0) is 36.1 Å². The van der Waals surface area contributed by atoms with Gasteiger partial charge >= 0.3 is 5.97 Å². The maximum Gasteiger partial charge on any atom is 0.341 e. The van der Waals surface area contributed by atoms with Crippen molar-refractivity contribution in [3.8, 4) is 16.9 Å². The fraction of sp³-hybridized carbons (Fsp3) is 0.280. The molecule has 1 heterocycles. The molecule has 0 aliphatic carbocycles. The summed E-state index contributed by atoms with van der Waals surface area (Å²) in [5.41, 5.74) is 2.82. The van der Waals surface area contributed by atoms with Crippen LogP contribution in [0.4, 0.5) is 5.00 Å². The highest BCUT2D eigenvalue weighted by atomic mass is 79.9. The van der Waals surface area contributed by atoms with Crippen molar-refractivity contribution in [3.05, 3.63) is 69.5 Å². The van der Waals surface area contributed by atoms with Crippen LogP contribution in [-0.2, 0) is 14.9 Å². The Hall–Kier alpha value is -2.64. The van der Waals surface area contributed by atoms with Crippen LogP contribution in [-0.4, -0.2) is 25.1 Å². The summed E-state index contributed by atoms with van der Waals surface area (Å²) in [6.45, 7) is 8.09. The molecule has 1 amide bonds. The Labute approximate surface area is 200 Å². The Morgan fingerprint density at radius 2 is 1.81 bits per heavy atom. The maximum absolute atomic E-state index is 12.7. The van der Waals surface area contributed by atoms with E-state index in [0.29, 0.717) is 16.3 Å². The summed E-state index contributed by atoms with van der Waals surface area (Å²) in [6.07, 6.45) is 0. The van der Waals surface area contributed by atoms with Gasteiger partial charge in [0.2, 0.25) is 0 Å². The molecule has 3 rings (SSSR count). The molecule has 1 N–H and O–H groups in total. The van der Waals surface area contributed by atoms with Gasteiger partial charge in [0.05, 0.1) is 6.61 Å². The number of carbonyl (C=O) groups is 2. The Kier molecular flexibility index (Phi) is 7.74.